The Morgan fingerprint density at radius 3 is 2.51 bits per heavy atom. The summed E-state index contributed by atoms with van der Waals surface area (Å²) in [5.74, 6) is 0.615. The van der Waals surface area contributed by atoms with Gasteiger partial charge in [-0.3, -0.25) is 14.6 Å². The Bertz CT molecular complexity index is 1420. The number of carbonyl (C=O) groups excluding carboxylic acids is 2. The van der Waals surface area contributed by atoms with Crippen LogP contribution in [0.1, 0.15) is 28.5 Å². The van der Waals surface area contributed by atoms with Crippen molar-refractivity contribution in [3.63, 3.8) is 0 Å². The number of nitrogens with one attached hydrogen (secondary N) is 2. The highest BCUT2D eigenvalue weighted by Gasteiger charge is 2.13. The van der Waals surface area contributed by atoms with Gasteiger partial charge in [-0.1, -0.05) is 6.07 Å². The van der Waals surface area contributed by atoms with Gasteiger partial charge in [-0.25, -0.2) is 4.98 Å². The number of nitrogens with zero attached hydrogens (tertiary/aromatic N) is 4. The lowest BCUT2D eigenvalue weighted by Gasteiger charge is -2.11. The van der Waals surface area contributed by atoms with Crippen LogP contribution in [0.2, 0.25) is 0 Å². The molecular formula is C26H24N6O3. The van der Waals surface area contributed by atoms with E-state index in [-0.39, 0.29) is 11.8 Å². The van der Waals surface area contributed by atoms with Crippen molar-refractivity contribution in [2.24, 2.45) is 0 Å². The molecule has 0 aliphatic rings. The lowest BCUT2D eigenvalue weighted by Crippen LogP contribution is -2.12. The maximum absolute atomic E-state index is 12.8. The van der Waals surface area contributed by atoms with Crippen molar-refractivity contribution in [2.45, 2.75) is 20.8 Å². The van der Waals surface area contributed by atoms with Crippen molar-refractivity contribution >= 4 is 23.3 Å². The van der Waals surface area contributed by atoms with E-state index in [1.54, 1.807) is 43.9 Å². The number of ether oxygens (including phenoxy) is 1. The molecule has 4 aromatic rings. The zero-order valence-corrected chi connectivity index (χ0v) is 19.8. The highest BCUT2D eigenvalue weighted by molar-refractivity contribution is 6.04. The first-order chi connectivity index (χ1) is 16.8. The molecule has 3 aromatic heterocycles. The SMILES string of the molecule is COc1cc(C(=O)Nc2cnc(C)c(-c3cc(-c4ccnc(NC(C)=O)c4)cnn3)c2)ccc1C. The number of carbonyl (C=O) groups is 2. The molecule has 9 heteroatoms. The normalized spacial score (nSPS) is 10.5. The van der Waals surface area contributed by atoms with Crippen molar-refractivity contribution in [3.05, 3.63) is 77.9 Å². The van der Waals surface area contributed by atoms with E-state index >= 15 is 0 Å². The minimum absolute atomic E-state index is 0.201. The number of anilines is 2. The molecule has 0 saturated heterocycles. The van der Waals surface area contributed by atoms with Crippen molar-refractivity contribution in [1.82, 2.24) is 20.2 Å². The second kappa shape index (κ2) is 10.1. The number of methoxy groups -OCH3 is 1. The van der Waals surface area contributed by atoms with Gasteiger partial charge in [-0.15, -0.1) is 0 Å². The van der Waals surface area contributed by atoms with E-state index < -0.39 is 0 Å². The zero-order chi connectivity index (χ0) is 24.9. The molecule has 2 N–H and O–H groups in total. The minimum atomic E-state index is -0.276. The van der Waals surface area contributed by atoms with E-state index in [1.807, 2.05) is 38.1 Å². The molecule has 9 nitrogen and oxygen atoms in total. The van der Waals surface area contributed by atoms with Crippen LogP contribution in [0.3, 0.4) is 0 Å². The average Bonchev–Trinajstić information content (AvgIpc) is 2.85. The van der Waals surface area contributed by atoms with Gasteiger partial charge in [0.15, 0.2) is 0 Å². The van der Waals surface area contributed by atoms with E-state index in [1.165, 1.54) is 6.92 Å². The molecule has 0 radical (unpaired) electrons. The number of aromatic nitrogens is 4. The van der Waals surface area contributed by atoms with Crippen molar-refractivity contribution in [3.8, 4) is 28.1 Å². The van der Waals surface area contributed by atoms with Gasteiger partial charge in [-0.2, -0.15) is 10.2 Å². The van der Waals surface area contributed by atoms with Crippen LogP contribution < -0.4 is 15.4 Å². The van der Waals surface area contributed by atoms with Gasteiger partial charge in [0.05, 0.1) is 30.9 Å². The fourth-order valence-electron chi connectivity index (χ4n) is 3.54. The number of pyridine rings is 2. The van der Waals surface area contributed by atoms with Gasteiger partial charge >= 0.3 is 0 Å². The predicted octanol–water partition coefficient (Wildman–Crippen LogP) is 4.44. The molecule has 0 unspecified atom stereocenters. The molecule has 2 amide bonds. The summed E-state index contributed by atoms with van der Waals surface area (Å²) in [6.45, 7) is 5.21. The molecular weight excluding hydrogens is 444 g/mol. The number of hydrogen-bond acceptors (Lipinski definition) is 7. The Kier molecular flexibility index (Phi) is 6.77. The Morgan fingerprint density at radius 1 is 0.914 bits per heavy atom. The molecule has 3 heterocycles. The molecule has 176 valence electrons. The fraction of sp³-hybridized carbons (Fsp3) is 0.154. The van der Waals surface area contributed by atoms with Gasteiger partial charge in [0.2, 0.25) is 5.91 Å². The largest absolute Gasteiger partial charge is 0.496 e. The first-order valence-electron chi connectivity index (χ1n) is 10.8. The third kappa shape index (κ3) is 5.47. The summed E-state index contributed by atoms with van der Waals surface area (Å²) >= 11 is 0. The molecule has 0 aliphatic heterocycles. The summed E-state index contributed by atoms with van der Waals surface area (Å²) in [6, 6.07) is 12.6. The van der Waals surface area contributed by atoms with Crippen LogP contribution in [-0.2, 0) is 4.79 Å². The summed E-state index contributed by atoms with van der Waals surface area (Å²) in [5, 5.41) is 14.0. The summed E-state index contributed by atoms with van der Waals surface area (Å²) in [5.41, 5.74) is 5.63. The summed E-state index contributed by atoms with van der Waals surface area (Å²) in [6.07, 6.45) is 4.85. The summed E-state index contributed by atoms with van der Waals surface area (Å²) in [7, 11) is 1.57. The van der Waals surface area contributed by atoms with Gasteiger partial charge in [0, 0.05) is 35.5 Å². The third-order valence-corrected chi connectivity index (χ3v) is 5.34. The van der Waals surface area contributed by atoms with E-state index in [2.05, 4.69) is 30.8 Å². The van der Waals surface area contributed by atoms with Crippen LogP contribution in [0.4, 0.5) is 11.5 Å². The Labute approximate surface area is 202 Å². The molecule has 0 bridgehead atoms. The minimum Gasteiger partial charge on any atom is -0.496 e. The fourth-order valence-corrected chi connectivity index (χ4v) is 3.54. The number of amides is 2. The second-order valence-corrected chi connectivity index (χ2v) is 7.94. The Balaban J connectivity index is 1.62. The highest BCUT2D eigenvalue weighted by Crippen LogP contribution is 2.28. The van der Waals surface area contributed by atoms with Crippen LogP contribution >= 0.6 is 0 Å². The smallest absolute Gasteiger partial charge is 0.255 e. The van der Waals surface area contributed by atoms with E-state index in [0.29, 0.717) is 28.5 Å². The third-order valence-electron chi connectivity index (χ3n) is 5.34. The molecule has 0 fully saturated rings. The standard InChI is InChI=1S/C26H24N6O3/c1-15-5-6-19(10-24(15)35-4)26(34)31-21-12-22(16(2)28-14-21)23-9-20(13-29-32-23)18-7-8-27-25(11-18)30-17(3)33/h5-14H,1-4H3,(H,31,34)(H,27,30,33). The number of rotatable bonds is 6. The maximum Gasteiger partial charge on any atom is 0.255 e. The maximum atomic E-state index is 12.8. The molecule has 1 aromatic carbocycles. The van der Waals surface area contributed by atoms with Crippen molar-refractivity contribution in [1.29, 1.82) is 0 Å². The monoisotopic (exact) mass is 468 g/mol. The number of aryl methyl sites for hydroxylation is 2. The second-order valence-electron chi connectivity index (χ2n) is 7.94. The van der Waals surface area contributed by atoms with Gasteiger partial charge in [0.1, 0.15) is 11.6 Å². The van der Waals surface area contributed by atoms with E-state index in [0.717, 1.165) is 27.9 Å². The first-order valence-corrected chi connectivity index (χ1v) is 10.8. The van der Waals surface area contributed by atoms with Gasteiger partial charge < -0.3 is 15.4 Å². The molecule has 0 aliphatic carbocycles. The average molecular weight is 469 g/mol. The van der Waals surface area contributed by atoms with Crippen molar-refractivity contribution < 1.29 is 14.3 Å². The van der Waals surface area contributed by atoms with E-state index in [4.69, 9.17) is 4.74 Å². The Morgan fingerprint density at radius 2 is 1.74 bits per heavy atom. The predicted molar refractivity (Wildman–Crippen MR) is 133 cm³/mol. The van der Waals surface area contributed by atoms with Crippen LogP contribution in [-0.4, -0.2) is 39.1 Å². The topological polar surface area (TPSA) is 119 Å². The lowest BCUT2D eigenvalue weighted by molar-refractivity contribution is -0.114. The van der Waals surface area contributed by atoms with E-state index in [9.17, 15) is 9.59 Å². The molecule has 0 spiro atoms. The van der Waals surface area contributed by atoms with Crippen LogP contribution in [0.5, 0.6) is 5.75 Å². The lowest BCUT2D eigenvalue weighted by atomic mass is 10.0. The molecule has 35 heavy (non-hydrogen) atoms. The first kappa shape index (κ1) is 23.5. The van der Waals surface area contributed by atoms with Gasteiger partial charge in [0.25, 0.3) is 5.91 Å². The van der Waals surface area contributed by atoms with Crippen LogP contribution in [0, 0.1) is 13.8 Å². The molecule has 4 rings (SSSR count). The Hall–Kier alpha value is -4.66. The van der Waals surface area contributed by atoms with Crippen LogP contribution in [0.25, 0.3) is 22.4 Å². The zero-order valence-electron chi connectivity index (χ0n) is 19.8. The van der Waals surface area contributed by atoms with Gasteiger partial charge in [-0.05, 0) is 61.4 Å². The number of hydrogen-bond donors (Lipinski definition) is 2. The molecule has 0 atom stereocenters. The number of benzene rings is 1. The highest BCUT2D eigenvalue weighted by atomic mass is 16.5. The summed E-state index contributed by atoms with van der Waals surface area (Å²) in [4.78, 5) is 32.8. The summed E-state index contributed by atoms with van der Waals surface area (Å²) < 4.78 is 5.32. The van der Waals surface area contributed by atoms with Crippen molar-refractivity contribution in [2.75, 3.05) is 17.7 Å². The van der Waals surface area contributed by atoms with Crippen LogP contribution in [0.15, 0.2) is 61.1 Å². The quantitative estimate of drug-likeness (QED) is 0.429. The molecule has 0 saturated carbocycles.